The first-order valence-corrected chi connectivity index (χ1v) is 6.65. The molecular formula is C16H13N3O3. The zero-order chi connectivity index (χ0) is 15.5. The molecule has 1 heterocycles. The van der Waals surface area contributed by atoms with Gasteiger partial charge in [-0.05, 0) is 24.3 Å². The smallest absolute Gasteiger partial charge is 0.335 e. The summed E-state index contributed by atoms with van der Waals surface area (Å²) in [5.41, 5.74) is 2.90. The van der Waals surface area contributed by atoms with Crippen LogP contribution in [0.5, 0.6) is 0 Å². The van der Waals surface area contributed by atoms with Crippen LogP contribution in [0.15, 0.2) is 54.6 Å². The Morgan fingerprint density at radius 2 is 1.73 bits per heavy atom. The predicted molar refractivity (Wildman–Crippen MR) is 79.7 cm³/mol. The van der Waals surface area contributed by atoms with Gasteiger partial charge in [-0.2, -0.15) is 0 Å². The average molecular weight is 295 g/mol. The monoisotopic (exact) mass is 295 g/mol. The summed E-state index contributed by atoms with van der Waals surface area (Å²) >= 11 is 0. The van der Waals surface area contributed by atoms with Gasteiger partial charge in [-0.3, -0.25) is 0 Å². The second kappa shape index (κ2) is 5.79. The summed E-state index contributed by atoms with van der Waals surface area (Å²) in [6, 6.07) is 15.8. The first kappa shape index (κ1) is 14.0. The first-order valence-electron chi connectivity index (χ1n) is 6.65. The molecule has 3 aromatic rings. The van der Waals surface area contributed by atoms with Crippen LogP contribution in [0.4, 0.5) is 0 Å². The third kappa shape index (κ3) is 2.47. The molecule has 0 radical (unpaired) electrons. The lowest BCUT2D eigenvalue weighted by Crippen LogP contribution is -2.02. The summed E-state index contributed by atoms with van der Waals surface area (Å²) < 4.78 is 1.59. The van der Waals surface area contributed by atoms with Gasteiger partial charge >= 0.3 is 5.97 Å². The van der Waals surface area contributed by atoms with E-state index >= 15 is 0 Å². The van der Waals surface area contributed by atoms with Crippen molar-refractivity contribution in [2.24, 2.45) is 0 Å². The van der Waals surface area contributed by atoms with Crippen molar-refractivity contribution in [2.75, 3.05) is 0 Å². The third-order valence-electron chi connectivity index (χ3n) is 3.30. The summed E-state index contributed by atoms with van der Waals surface area (Å²) in [5, 5.41) is 26.5. The SMILES string of the molecule is O=C(O)c1ccc(-n2nnc(CO)c2-c2ccccc2)cc1. The standard InChI is InChI=1S/C16H13N3O3/c20-10-14-15(11-4-2-1-3-5-11)19(18-17-14)13-8-6-12(7-9-13)16(21)22/h1-9,20H,10H2,(H,21,22). The molecule has 0 bridgehead atoms. The van der Waals surface area contributed by atoms with Crippen LogP contribution in [-0.4, -0.2) is 31.2 Å². The Morgan fingerprint density at radius 1 is 1.05 bits per heavy atom. The van der Waals surface area contributed by atoms with Crippen molar-refractivity contribution in [1.29, 1.82) is 0 Å². The largest absolute Gasteiger partial charge is 0.478 e. The number of aromatic nitrogens is 3. The molecule has 0 aliphatic carbocycles. The molecule has 0 saturated carbocycles. The van der Waals surface area contributed by atoms with Gasteiger partial charge in [0.05, 0.1) is 17.9 Å². The zero-order valence-corrected chi connectivity index (χ0v) is 11.5. The summed E-state index contributed by atoms with van der Waals surface area (Å²) in [6.45, 7) is -0.225. The lowest BCUT2D eigenvalue weighted by molar-refractivity contribution is 0.0697. The fourth-order valence-electron chi connectivity index (χ4n) is 2.23. The number of aromatic carboxylic acids is 1. The number of nitrogens with zero attached hydrogens (tertiary/aromatic N) is 3. The number of rotatable bonds is 4. The minimum absolute atomic E-state index is 0.201. The molecule has 0 aliphatic rings. The van der Waals surface area contributed by atoms with E-state index in [4.69, 9.17) is 5.11 Å². The van der Waals surface area contributed by atoms with E-state index in [1.165, 1.54) is 12.1 Å². The number of aliphatic hydroxyl groups is 1. The Labute approximate surface area is 126 Å². The van der Waals surface area contributed by atoms with Crippen molar-refractivity contribution in [3.63, 3.8) is 0 Å². The average Bonchev–Trinajstić information content (AvgIpc) is 2.99. The molecule has 0 atom stereocenters. The van der Waals surface area contributed by atoms with Gasteiger partial charge in [0.1, 0.15) is 11.4 Å². The van der Waals surface area contributed by atoms with Crippen LogP contribution in [-0.2, 0) is 6.61 Å². The Kier molecular flexibility index (Phi) is 3.67. The van der Waals surface area contributed by atoms with Crippen molar-refractivity contribution < 1.29 is 15.0 Å². The van der Waals surface area contributed by atoms with Crippen molar-refractivity contribution >= 4 is 5.97 Å². The second-order valence-electron chi connectivity index (χ2n) is 4.67. The molecule has 0 aliphatic heterocycles. The highest BCUT2D eigenvalue weighted by atomic mass is 16.4. The molecule has 22 heavy (non-hydrogen) atoms. The van der Waals surface area contributed by atoms with E-state index in [9.17, 15) is 9.90 Å². The van der Waals surface area contributed by atoms with Gasteiger partial charge < -0.3 is 10.2 Å². The molecule has 2 N–H and O–H groups in total. The number of carbonyl (C=O) groups is 1. The molecule has 0 unspecified atom stereocenters. The maximum absolute atomic E-state index is 10.9. The van der Waals surface area contributed by atoms with E-state index in [0.717, 1.165) is 5.56 Å². The highest BCUT2D eigenvalue weighted by molar-refractivity contribution is 5.87. The number of aliphatic hydroxyl groups excluding tert-OH is 1. The number of carboxylic acid groups (broad SMARTS) is 1. The highest BCUT2D eigenvalue weighted by Gasteiger charge is 2.15. The van der Waals surface area contributed by atoms with E-state index in [2.05, 4.69) is 10.3 Å². The second-order valence-corrected chi connectivity index (χ2v) is 4.67. The van der Waals surface area contributed by atoms with Gasteiger partial charge in [-0.15, -0.1) is 5.10 Å². The minimum Gasteiger partial charge on any atom is -0.478 e. The Bertz CT molecular complexity index is 795. The maximum atomic E-state index is 10.9. The van der Waals surface area contributed by atoms with Gasteiger partial charge in [-0.1, -0.05) is 35.5 Å². The van der Waals surface area contributed by atoms with Crippen LogP contribution in [0.2, 0.25) is 0 Å². The van der Waals surface area contributed by atoms with E-state index in [0.29, 0.717) is 17.1 Å². The lowest BCUT2D eigenvalue weighted by Gasteiger charge is -2.08. The van der Waals surface area contributed by atoms with Gasteiger partial charge in [0.15, 0.2) is 0 Å². The van der Waals surface area contributed by atoms with Crippen molar-refractivity contribution in [2.45, 2.75) is 6.61 Å². The fraction of sp³-hybridized carbons (Fsp3) is 0.0625. The minimum atomic E-state index is -0.982. The summed E-state index contributed by atoms with van der Waals surface area (Å²) in [5.74, 6) is -0.982. The van der Waals surface area contributed by atoms with E-state index in [1.807, 2.05) is 30.3 Å². The van der Waals surface area contributed by atoms with Gasteiger partial charge in [0, 0.05) is 5.56 Å². The molecule has 0 amide bonds. The topological polar surface area (TPSA) is 88.2 Å². The Morgan fingerprint density at radius 3 is 2.32 bits per heavy atom. The Hall–Kier alpha value is -2.99. The zero-order valence-electron chi connectivity index (χ0n) is 11.5. The number of benzene rings is 2. The van der Waals surface area contributed by atoms with E-state index < -0.39 is 5.97 Å². The summed E-state index contributed by atoms with van der Waals surface area (Å²) in [7, 11) is 0. The van der Waals surface area contributed by atoms with Crippen LogP contribution in [0.3, 0.4) is 0 Å². The highest BCUT2D eigenvalue weighted by Crippen LogP contribution is 2.25. The molecule has 0 fully saturated rings. The molecule has 1 aromatic heterocycles. The summed E-state index contributed by atoms with van der Waals surface area (Å²) in [4.78, 5) is 10.9. The van der Waals surface area contributed by atoms with Crippen molar-refractivity contribution in [3.05, 3.63) is 65.9 Å². The molecule has 2 aromatic carbocycles. The molecule has 3 rings (SSSR count). The molecular weight excluding hydrogens is 282 g/mol. The van der Waals surface area contributed by atoms with Crippen LogP contribution in [0.25, 0.3) is 16.9 Å². The van der Waals surface area contributed by atoms with Crippen LogP contribution >= 0.6 is 0 Å². The van der Waals surface area contributed by atoms with Crippen molar-refractivity contribution in [3.8, 4) is 16.9 Å². The molecule has 6 heteroatoms. The Balaban J connectivity index is 2.12. The maximum Gasteiger partial charge on any atom is 0.335 e. The normalized spacial score (nSPS) is 10.6. The fourth-order valence-corrected chi connectivity index (χ4v) is 2.23. The molecule has 0 saturated heterocycles. The quantitative estimate of drug-likeness (QED) is 0.769. The van der Waals surface area contributed by atoms with E-state index in [-0.39, 0.29) is 12.2 Å². The van der Waals surface area contributed by atoms with Gasteiger partial charge in [0.25, 0.3) is 0 Å². The summed E-state index contributed by atoms with van der Waals surface area (Å²) in [6.07, 6.45) is 0. The van der Waals surface area contributed by atoms with Gasteiger partial charge in [-0.25, -0.2) is 9.48 Å². The lowest BCUT2D eigenvalue weighted by atomic mass is 10.1. The van der Waals surface area contributed by atoms with E-state index in [1.54, 1.807) is 16.8 Å². The number of carboxylic acids is 1. The van der Waals surface area contributed by atoms with Crippen LogP contribution < -0.4 is 0 Å². The molecule has 110 valence electrons. The molecule has 0 spiro atoms. The van der Waals surface area contributed by atoms with Crippen molar-refractivity contribution in [1.82, 2.24) is 15.0 Å². The number of hydrogen-bond donors (Lipinski definition) is 2. The van der Waals surface area contributed by atoms with Crippen LogP contribution in [0.1, 0.15) is 16.1 Å². The van der Waals surface area contributed by atoms with Crippen LogP contribution in [0, 0.1) is 0 Å². The predicted octanol–water partition coefficient (Wildman–Crippen LogP) is 2.12. The molecule has 6 nitrogen and oxygen atoms in total. The third-order valence-corrected chi connectivity index (χ3v) is 3.30. The number of hydrogen-bond acceptors (Lipinski definition) is 4. The first-order chi connectivity index (χ1) is 10.7. The van der Waals surface area contributed by atoms with Gasteiger partial charge in [0.2, 0.25) is 0 Å².